The zero-order valence-corrected chi connectivity index (χ0v) is 15.9. The second-order valence-electron chi connectivity index (χ2n) is 6.43. The summed E-state index contributed by atoms with van der Waals surface area (Å²) in [6.07, 6.45) is 6.67. The van der Waals surface area contributed by atoms with Gasteiger partial charge in [0.25, 0.3) is 5.91 Å². The number of carbonyl (C=O) groups excluding carboxylic acids is 2. The number of nitrogens with one attached hydrogen (secondary N) is 1. The lowest BCUT2D eigenvalue weighted by molar-refractivity contribution is -0.118. The number of aromatic nitrogens is 2. The smallest absolute Gasteiger partial charge is 0.329 e. The maximum Gasteiger partial charge on any atom is 0.329 e. The van der Waals surface area contributed by atoms with Crippen LogP contribution in [-0.2, 0) is 4.79 Å². The number of anilines is 1. The van der Waals surface area contributed by atoms with E-state index in [0.717, 1.165) is 15.4 Å². The van der Waals surface area contributed by atoms with E-state index >= 15 is 0 Å². The number of hydrogen-bond donors (Lipinski definition) is 1. The van der Waals surface area contributed by atoms with Gasteiger partial charge in [-0.2, -0.15) is 0 Å². The molecule has 138 valence electrons. The van der Waals surface area contributed by atoms with Crippen molar-refractivity contribution in [2.45, 2.75) is 11.3 Å². The molecule has 3 aromatic rings. The second kappa shape index (κ2) is 6.61. The van der Waals surface area contributed by atoms with E-state index in [4.69, 9.17) is 11.6 Å². The van der Waals surface area contributed by atoms with Crippen LogP contribution in [0.25, 0.3) is 15.8 Å². The van der Waals surface area contributed by atoms with Crippen molar-refractivity contribution in [2.24, 2.45) is 0 Å². The standard InChI is InChI=1S/C20H13ClN4O2S/c21-13-6-2-1-4-11(13)17-8-14-18(28-17)19(26)25(20(27)24-14)16-10-22-9-15-12(16)5-3-7-23-15/h1-10,14,18H,(H,24,27). The molecule has 0 aliphatic carbocycles. The number of thioether (sulfide) groups is 1. The number of pyridine rings is 2. The highest BCUT2D eigenvalue weighted by atomic mass is 35.5. The van der Waals surface area contributed by atoms with Crippen LogP contribution in [0.2, 0.25) is 5.02 Å². The normalized spacial score (nSPS) is 21.5. The number of halogens is 1. The van der Waals surface area contributed by atoms with E-state index in [1.165, 1.54) is 18.0 Å². The molecule has 5 rings (SSSR count). The van der Waals surface area contributed by atoms with Gasteiger partial charge in [-0.15, -0.1) is 11.8 Å². The highest BCUT2D eigenvalue weighted by Crippen LogP contribution is 2.44. The second-order valence-corrected chi connectivity index (χ2v) is 8.02. The Morgan fingerprint density at radius 2 is 1.96 bits per heavy atom. The Morgan fingerprint density at radius 3 is 2.82 bits per heavy atom. The van der Waals surface area contributed by atoms with Gasteiger partial charge in [-0.25, -0.2) is 9.69 Å². The molecular formula is C20H13ClN4O2S. The number of urea groups is 1. The minimum absolute atomic E-state index is 0.282. The first-order valence-corrected chi connectivity index (χ1v) is 9.86. The number of rotatable bonds is 2. The first kappa shape index (κ1) is 17.2. The number of imide groups is 1. The zero-order valence-electron chi connectivity index (χ0n) is 14.4. The summed E-state index contributed by atoms with van der Waals surface area (Å²) in [6, 6.07) is 10.2. The van der Waals surface area contributed by atoms with Crippen LogP contribution in [0.15, 0.2) is 61.1 Å². The van der Waals surface area contributed by atoms with Gasteiger partial charge in [0.1, 0.15) is 5.25 Å². The first-order valence-electron chi connectivity index (χ1n) is 8.60. The Kier molecular flexibility index (Phi) is 4.07. The van der Waals surface area contributed by atoms with Gasteiger partial charge < -0.3 is 5.32 Å². The maximum absolute atomic E-state index is 13.3. The van der Waals surface area contributed by atoms with E-state index in [-0.39, 0.29) is 11.9 Å². The Hall–Kier alpha value is -2.90. The monoisotopic (exact) mass is 408 g/mol. The van der Waals surface area contributed by atoms with Crippen LogP contribution in [0.3, 0.4) is 0 Å². The predicted octanol–water partition coefficient (Wildman–Crippen LogP) is 3.86. The van der Waals surface area contributed by atoms with Gasteiger partial charge in [0, 0.05) is 27.1 Å². The van der Waals surface area contributed by atoms with Gasteiger partial charge in [0.05, 0.1) is 29.6 Å². The summed E-state index contributed by atoms with van der Waals surface area (Å²) in [5.74, 6) is -0.282. The summed E-state index contributed by atoms with van der Waals surface area (Å²) < 4.78 is 0. The van der Waals surface area contributed by atoms with Crippen molar-refractivity contribution in [2.75, 3.05) is 4.90 Å². The summed E-state index contributed by atoms with van der Waals surface area (Å²) in [6.45, 7) is 0. The molecule has 3 amide bonds. The van der Waals surface area contributed by atoms with Crippen molar-refractivity contribution in [1.82, 2.24) is 15.3 Å². The predicted molar refractivity (Wildman–Crippen MR) is 110 cm³/mol. The van der Waals surface area contributed by atoms with Crippen LogP contribution in [0.5, 0.6) is 0 Å². The zero-order chi connectivity index (χ0) is 19.3. The van der Waals surface area contributed by atoms with Crippen LogP contribution < -0.4 is 10.2 Å². The first-order chi connectivity index (χ1) is 13.6. The lowest BCUT2D eigenvalue weighted by Gasteiger charge is -2.33. The summed E-state index contributed by atoms with van der Waals surface area (Å²) in [7, 11) is 0. The Balaban J connectivity index is 1.52. The summed E-state index contributed by atoms with van der Waals surface area (Å²) >= 11 is 7.72. The number of amides is 3. The van der Waals surface area contributed by atoms with Gasteiger partial charge in [-0.1, -0.05) is 29.8 Å². The molecule has 1 saturated heterocycles. The maximum atomic E-state index is 13.3. The minimum atomic E-state index is -0.471. The molecule has 0 saturated carbocycles. The highest BCUT2D eigenvalue weighted by molar-refractivity contribution is 8.09. The van der Waals surface area contributed by atoms with Crippen molar-refractivity contribution in [3.8, 4) is 0 Å². The molecule has 2 unspecified atom stereocenters. The van der Waals surface area contributed by atoms with E-state index in [0.29, 0.717) is 21.6 Å². The molecule has 4 heterocycles. The number of fused-ring (bicyclic) bond motifs is 2. The van der Waals surface area contributed by atoms with E-state index in [9.17, 15) is 9.59 Å². The van der Waals surface area contributed by atoms with E-state index in [1.54, 1.807) is 18.5 Å². The summed E-state index contributed by atoms with van der Waals surface area (Å²) in [4.78, 5) is 36.5. The Labute approximate surface area is 169 Å². The third-order valence-electron chi connectivity index (χ3n) is 4.76. The molecule has 28 heavy (non-hydrogen) atoms. The fraction of sp³-hybridized carbons (Fsp3) is 0.100. The van der Waals surface area contributed by atoms with Crippen molar-refractivity contribution < 1.29 is 9.59 Å². The Bertz CT molecular complexity index is 1160. The fourth-order valence-corrected chi connectivity index (χ4v) is 5.06. The van der Waals surface area contributed by atoms with Crippen LogP contribution in [0.4, 0.5) is 10.5 Å². The molecule has 8 heteroatoms. The molecule has 2 atom stereocenters. The third kappa shape index (κ3) is 2.66. The van der Waals surface area contributed by atoms with Gasteiger partial charge in [0.15, 0.2) is 0 Å². The fourth-order valence-electron chi connectivity index (χ4n) is 3.46. The van der Waals surface area contributed by atoms with Crippen LogP contribution in [0.1, 0.15) is 5.56 Å². The highest BCUT2D eigenvalue weighted by Gasteiger charge is 2.45. The number of carbonyl (C=O) groups is 2. The van der Waals surface area contributed by atoms with Gasteiger partial charge >= 0.3 is 6.03 Å². The summed E-state index contributed by atoms with van der Waals surface area (Å²) in [5, 5.41) is 3.76. The number of benzene rings is 1. The molecule has 6 nitrogen and oxygen atoms in total. The van der Waals surface area contributed by atoms with Crippen LogP contribution in [-0.4, -0.2) is 33.2 Å². The SMILES string of the molecule is O=C1NC2C=C(c3ccccc3Cl)SC2C(=O)N1c1cncc2ncccc12. The van der Waals surface area contributed by atoms with Crippen molar-refractivity contribution in [3.05, 3.63) is 71.7 Å². The molecule has 1 aromatic carbocycles. The van der Waals surface area contributed by atoms with Crippen molar-refractivity contribution in [1.29, 1.82) is 0 Å². The van der Waals surface area contributed by atoms with E-state index < -0.39 is 11.3 Å². The average molecular weight is 409 g/mol. The van der Waals surface area contributed by atoms with E-state index in [1.807, 2.05) is 36.4 Å². The summed E-state index contributed by atoms with van der Waals surface area (Å²) in [5.41, 5.74) is 1.91. The molecular weight excluding hydrogens is 396 g/mol. The molecule has 1 fully saturated rings. The van der Waals surface area contributed by atoms with Crippen LogP contribution >= 0.6 is 23.4 Å². The van der Waals surface area contributed by atoms with Crippen molar-refractivity contribution in [3.63, 3.8) is 0 Å². The van der Waals surface area contributed by atoms with Gasteiger partial charge in [-0.05, 0) is 24.3 Å². The number of hydrogen-bond acceptors (Lipinski definition) is 5. The molecule has 0 radical (unpaired) electrons. The largest absolute Gasteiger partial charge is 0.329 e. The minimum Gasteiger partial charge on any atom is -0.329 e. The van der Waals surface area contributed by atoms with E-state index in [2.05, 4.69) is 15.3 Å². The third-order valence-corrected chi connectivity index (χ3v) is 6.44. The number of nitrogens with zero attached hydrogens (tertiary/aromatic N) is 3. The van der Waals surface area contributed by atoms with Gasteiger partial charge in [0.2, 0.25) is 0 Å². The van der Waals surface area contributed by atoms with Crippen LogP contribution in [0, 0.1) is 0 Å². The quantitative estimate of drug-likeness (QED) is 0.696. The molecule has 2 aromatic heterocycles. The topological polar surface area (TPSA) is 75.2 Å². The molecule has 0 spiro atoms. The molecule has 1 N–H and O–H groups in total. The van der Waals surface area contributed by atoms with Gasteiger partial charge in [-0.3, -0.25) is 14.8 Å². The molecule has 2 aliphatic heterocycles. The average Bonchev–Trinajstić information content (AvgIpc) is 3.12. The van der Waals surface area contributed by atoms with Crippen molar-refractivity contribution >= 4 is 56.8 Å². The Morgan fingerprint density at radius 1 is 1.11 bits per heavy atom. The molecule has 0 bridgehead atoms. The lowest BCUT2D eigenvalue weighted by Crippen LogP contribution is -2.60. The lowest BCUT2D eigenvalue weighted by atomic mass is 10.1. The molecule has 2 aliphatic rings.